The van der Waals surface area contributed by atoms with Gasteiger partial charge in [0.25, 0.3) is 0 Å². The van der Waals surface area contributed by atoms with Gasteiger partial charge in [-0.2, -0.15) is 0 Å². The number of hydrogen-bond acceptors (Lipinski definition) is 3. The average molecular weight is 373 g/mol. The molecular weight excluding hydrogens is 351 g/mol. The van der Waals surface area contributed by atoms with Crippen LogP contribution in [0.25, 0.3) is 0 Å². The summed E-state index contributed by atoms with van der Waals surface area (Å²) in [5, 5.41) is 9.42. The molecule has 116 valence electrons. The normalized spacial score (nSPS) is 17.2. The SMILES string of the molecule is CCO[P@@](=O)(C#CC(C)(C)C)[C@](O)(CBr)c1ccccc1. The Morgan fingerprint density at radius 3 is 2.29 bits per heavy atom. The number of rotatable bonds is 5. The van der Waals surface area contributed by atoms with Crippen LogP contribution in [-0.4, -0.2) is 17.0 Å². The van der Waals surface area contributed by atoms with Crippen molar-refractivity contribution >= 4 is 23.3 Å². The van der Waals surface area contributed by atoms with Crippen LogP contribution in [0.3, 0.4) is 0 Å². The molecule has 0 fully saturated rings. The first kappa shape index (κ1) is 18.5. The number of benzene rings is 1. The van der Waals surface area contributed by atoms with Crippen molar-refractivity contribution in [2.24, 2.45) is 5.41 Å². The second-order valence-electron chi connectivity index (χ2n) is 5.77. The third-order valence-electron chi connectivity index (χ3n) is 2.80. The maximum absolute atomic E-state index is 13.2. The van der Waals surface area contributed by atoms with Gasteiger partial charge in [0, 0.05) is 10.7 Å². The summed E-state index contributed by atoms with van der Waals surface area (Å²) in [6.07, 6.45) is 0. The van der Waals surface area contributed by atoms with Gasteiger partial charge >= 0.3 is 7.37 Å². The predicted octanol–water partition coefficient (Wildman–Crippen LogP) is 4.55. The van der Waals surface area contributed by atoms with Crippen molar-refractivity contribution in [1.29, 1.82) is 0 Å². The van der Waals surface area contributed by atoms with Crippen molar-refractivity contribution in [1.82, 2.24) is 0 Å². The Labute approximate surface area is 135 Å². The minimum absolute atomic E-state index is 0.0834. The van der Waals surface area contributed by atoms with Gasteiger partial charge in [-0.05, 0) is 38.9 Å². The van der Waals surface area contributed by atoms with Crippen LogP contribution in [0, 0.1) is 17.0 Å². The fourth-order valence-corrected chi connectivity index (χ4v) is 4.96. The second kappa shape index (κ2) is 7.11. The topological polar surface area (TPSA) is 46.5 Å². The van der Waals surface area contributed by atoms with Gasteiger partial charge in [-0.3, -0.25) is 4.57 Å². The van der Waals surface area contributed by atoms with Crippen molar-refractivity contribution in [3.63, 3.8) is 0 Å². The number of aliphatic hydroxyl groups is 1. The monoisotopic (exact) mass is 372 g/mol. The zero-order chi connectivity index (χ0) is 16.1. The van der Waals surface area contributed by atoms with Gasteiger partial charge in [0.1, 0.15) is 0 Å². The van der Waals surface area contributed by atoms with Crippen LogP contribution in [0.15, 0.2) is 30.3 Å². The molecule has 0 saturated heterocycles. The molecular formula is C16H22BrO3P. The van der Waals surface area contributed by atoms with Gasteiger partial charge in [-0.1, -0.05) is 52.2 Å². The van der Waals surface area contributed by atoms with Crippen molar-refractivity contribution in [2.75, 3.05) is 11.9 Å². The molecule has 5 heteroatoms. The Bertz CT molecular complexity index is 569. The molecule has 21 heavy (non-hydrogen) atoms. The zero-order valence-corrected chi connectivity index (χ0v) is 15.4. The quantitative estimate of drug-likeness (QED) is 0.468. The van der Waals surface area contributed by atoms with Crippen LogP contribution < -0.4 is 0 Å². The lowest BCUT2D eigenvalue weighted by Gasteiger charge is -2.31. The number of halogens is 1. The summed E-state index contributed by atoms with van der Waals surface area (Å²) in [5.41, 5.74) is 2.94. The molecule has 0 saturated carbocycles. The molecule has 0 unspecified atom stereocenters. The second-order valence-corrected chi connectivity index (χ2v) is 8.66. The van der Waals surface area contributed by atoms with Crippen molar-refractivity contribution in [3.05, 3.63) is 35.9 Å². The lowest BCUT2D eigenvalue weighted by Crippen LogP contribution is -2.28. The van der Waals surface area contributed by atoms with E-state index in [-0.39, 0.29) is 17.4 Å². The Morgan fingerprint density at radius 1 is 1.29 bits per heavy atom. The highest BCUT2D eigenvalue weighted by Crippen LogP contribution is 2.62. The van der Waals surface area contributed by atoms with E-state index < -0.39 is 12.7 Å². The van der Waals surface area contributed by atoms with E-state index >= 15 is 0 Å². The molecule has 0 spiro atoms. The summed E-state index contributed by atoms with van der Waals surface area (Å²) in [7, 11) is -3.61. The van der Waals surface area contributed by atoms with Gasteiger partial charge in [0.2, 0.25) is 0 Å². The van der Waals surface area contributed by atoms with Gasteiger partial charge in [0.05, 0.1) is 6.61 Å². The first-order valence-corrected chi connectivity index (χ1v) is 9.56. The van der Waals surface area contributed by atoms with E-state index in [1.807, 2.05) is 26.8 Å². The largest absolute Gasteiger partial charge is 0.374 e. The van der Waals surface area contributed by atoms with Crippen LogP contribution in [0.4, 0.5) is 0 Å². The van der Waals surface area contributed by atoms with Gasteiger partial charge in [-0.25, -0.2) is 0 Å². The predicted molar refractivity (Wildman–Crippen MR) is 90.6 cm³/mol. The van der Waals surface area contributed by atoms with Crippen LogP contribution in [0.1, 0.15) is 33.3 Å². The molecule has 0 aromatic heterocycles. The van der Waals surface area contributed by atoms with Crippen molar-refractivity contribution in [2.45, 2.75) is 33.0 Å². The molecule has 0 radical (unpaired) electrons. The Kier molecular flexibility index (Phi) is 6.25. The lowest BCUT2D eigenvalue weighted by atomic mass is 9.99. The fourth-order valence-electron chi connectivity index (χ4n) is 1.69. The number of hydrogen-bond donors (Lipinski definition) is 1. The molecule has 0 heterocycles. The van der Waals surface area contributed by atoms with E-state index in [0.717, 1.165) is 0 Å². The van der Waals surface area contributed by atoms with E-state index in [1.54, 1.807) is 31.2 Å². The van der Waals surface area contributed by atoms with Crippen molar-refractivity contribution in [3.8, 4) is 11.6 Å². The molecule has 0 aliphatic rings. The fraction of sp³-hybridized carbons (Fsp3) is 0.500. The average Bonchev–Trinajstić information content (AvgIpc) is 2.44. The number of alkyl halides is 1. The molecule has 0 aliphatic carbocycles. The molecule has 1 aromatic rings. The molecule has 0 amide bonds. The summed E-state index contributed by atoms with van der Waals surface area (Å²) in [6, 6.07) is 8.87. The zero-order valence-electron chi connectivity index (χ0n) is 12.9. The van der Waals surface area contributed by atoms with Crippen LogP contribution in [0.2, 0.25) is 0 Å². The van der Waals surface area contributed by atoms with Crippen molar-refractivity contribution < 1.29 is 14.2 Å². The first-order chi connectivity index (χ1) is 9.68. The third-order valence-corrected chi connectivity index (χ3v) is 6.46. The van der Waals surface area contributed by atoms with E-state index in [0.29, 0.717) is 5.56 Å². The van der Waals surface area contributed by atoms with Crippen LogP contribution in [0.5, 0.6) is 0 Å². The molecule has 1 aromatic carbocycles. The van der Waals surface area contributed by atoms with E-state index in [9.17, 15) is 9.67 Å². The highest BCUT2D eigenvalue weighted by atomic mass is 79.9. The van der Waals surface area contributed by atoms with E-state index in [1.165, 1.54) is 0 Å². The summed E-state index contributed by atoms with van der Waals surface area (Å²) < 4.78 is 18.7. The van der Waals surface area contributed by atoms with Gasteiger partial charge in [-0.15, -0.1) is 0 Å². The smallest absolute Gasteiger partial charge is 0.309 e. The van der Waals surface area contributed by atoms with Gasteiger partial charge in [0.15, 0.2) is 5.34 Å². The van der Waals surface area contributed by atoms with Gasteiger partial charge < -0.3 is 9.63 Å². The molecule has 0 bridgehead atoms. The molecule has 2 atom stereocenters. The summed E-state index contributed by atoms with van der Waals surface area (Å²) >= 11 is 3.26. The highest BCUT2D eigenvalue weighted by Gasteiger charge is 2.48. The lowest BCUT2D eigenvalue weighted by molar-refractivity contribution is 0.128. The summed E-state index contributed by atoms with van der Waals surface area (Å²) in [5.74, 6) is 2.94. The standard InChI is InChI=1S/C16H22BrO3P/c1-5-20-21(19,12-11-15(2,3)4)16(18,13-17)14-9-7-6-8-10-14/h6-10,18H,5,13H2,1-4H3/t16-,21+/m1/s1. The molecule has 0 aliphatic heterocycles. The Hall–Kier alpha value is -0.590. The van der Waals surface area contributed by atoms with E-state index in [4.69, 9.17) is 4.52 Å². The first-order valence-electron chi connectivity index (χ1n) is 6.81. The highest BCUT2D eigenvalue weighted by molar-refractivity contribution is 9.09. The molecule has 1 rings (SSSR count). The Morgan fingerprint density at radius 2 is 1.86 bits per heavy atom. The summed E-state index contributed by atoms with van der Waals surface area (Å²) in [6.45, 7) is 7.73. The maximum Gasteiger partial charge on any atom is 0.309 e. The molecule has 1 N–H and O–H groups in total. The minimum Gasteiger partial charge on any atom is -0.374 e. The van der Waals surface area contributed by atoms with Crippen LogP contribution >= 0.6 is 23.3 Å². The third kappa shape index (κ3) is 4.44. The summed E-state index contributed by atoms with van der Waals surface area (Å²) in [4.78, 5) is 0. The molecule has 3 nitrogen and oxygen atoms in total. The Balaban J connectivity index is 3.42. The minimum atomic E-state index is -3.61. The maximum atomic E-state index is 13.2. The van der Waals surface area contributed by atoms with E-state index in [2.05, 4.69) is 27.5 Å². The van der Waals surface area contributed by atoms with Crippen LogP contribution in [-0.2, 0) is 14.4 Å².